The van der Waals surface area contributed by atoms with Gasteiger partial charge in [-0.2, -0.15) is 0 Å². The van der Waals surface area contributed by atoms with Crippen molar-refractivity contribution in [2.24, 2.45) is 0 Å². The van der Waals surface area contributed by atoms with Crippen molar-refractivity contribution in [3.63, 3.8) is 0 Å². The average molecular weight is 515 g/mol. The van der Waals surface area contributed by atoms with Crippen molar-refractivity contribution in [2.45, 2.75) is 0 Å². The highest BCUT2D eigenvalue weighted by Gasteiger charge is 2.34. The Kier molecular flexibility index (Phi) is 7.35. The first kappa shape index (κ1) is 23.3. The van der Waals surface area contributed by atoms with E-state index >= 15 is 0 Å². The Hall–Kier alpha value is -2.84. The molecule has 166 valence electrons. The van der Waals surface area contributed by atoms with Crippen molar-refractivity contribution in [3.8, 4) is 5.75 Å². The lowest BCUT2D eigenvalue weighted by Gasteiger charge is -2.16. The van der Waals surface area contributed by atoms with E-state index in [-0.39, 0.29) is 18.4 Å². The zero-order chi connectivity index (χ0) is 23.4. The van der Waals surface area contributed by atoms with E-state index in [1.54, 1.807) is 54.6 Å². The number of rotatable bonds is 6. The van der Waals surface area contributed by atoms with E-state index in [0.717, 1.165) is 11.8 Å². The third kappa shape index (κ3) is 5.57. The van der Waals surface area contributed by atoms with Gasteiger partial charge in [0, 0.05) is 16.3 Å². The Labute approximate surface area is 210 Å². The summed E-state index contributed by atoms with van der Waals surface area (Å²) in [6, 6.07) is 21.1. The molecule has 0 aromatic heterocycles. The molecule has 4 rings (SSSR count). The minimum atomic E-state index is -0.300. The molecule has 3 aromatic rings. The van der Waals surface area contributed by atoms with E-state index in [1.807, 2.05) is 24.3 Å². The predicted octanol–water partition coefficient (Wildman–Crippen LogP) is 6.42. The number of para-hydroxylation sites is 2. The monoisotopic (exact) mass is 514 g/mol. The number of hydrogen-bond donors (Lipinski definition) is 1. The van der Waals surface area contributed by atoms with Gasteiger partial charge in [-0.1, -0.05) is 83.6 Å². The summed E-state index contributed by atoms with van der Waals surface area (Å²) in [7, 11) is 0. The summed E-state index contributed by atoms with van der Waals surface area (Å²) in [6.45, 7) is -0.179. The molecule has 9 heteroatoms. The Bertz CT molecular complexity index is 1270. The van der Waals surface area contributed by atoms with Gasteiger partial charge in [0.25, 0.3) is 11.8 Å². The molecule has 1 aliphatic rings. The number of thiocarbonyl (C=S) groups is 1. The van der Waals surface area contributed by atoms with Gasteiger partial charge in [-0.25, -0.2) is 0 Å². The van der Waals surface area contributed by atoms with Crippen molar-refractivity contribution >= 4 is 80.8 Å². The van der Waals surface area contributed by atoms with Crippen LogP contribution in [-0.2, 0) is 9.59 Å². The molecular formula is C24H16Cl2N2O3S2. The van der Waals surface area contributed by atoms with Gasteiger partial charge < -0.3 is 10.1 Å². The smallest absolute Gasteiger partial charge is 0.270 e. The first-order valence-corrected chi connectivity index (χ1v) is 11.7. The second kappa shape index (κ2) is 10.4. The second-order valence-corrected chi connectivity index (χ2v) is 9.37. The number of hydrogen-bond acceptors (Lipinski definition) is 5. The number of thioether (sulfide) groups is 1. The Balaban J connectivity index is 1.51. The van der Waals surface area contributed by atoms with Gasteiger partial charge in [0.1, 0.15) is 5.75 Å². The molecule has 0 unspecified atom stereocenters. The maximum absolute atomic E-state index is 13.1. The normalized spacial score (nSPS) is 14.6. The number of ether oxygens (including phenoxy) is 1. The third-order valence-electron chi connectivity index (χ3n) is 4.57. The molecule has 1 heterocycles. The van der Waals surface area contributed by atoms with Gasteiger partial charge in [0.05, 0.1) is 15.6 Å². The topological polar surface area (TPSA) is 58.6 Å². The van der Waals surface area contributed by atoms with E-state index < -0.39 is 0 Å². The third-order valence-corrected chi connectivity index (χ3v) is 6.41. The van der Waals surface area contributed by atoms with Crippen LogP contribution in [0.2, 0.25) is 10.0 Å². The van der Waals surface area contributed by atoms with E-state index in [4.69, 9.17) is 40.2 Å². The fraction of sp³-hybridized carbons (Fsp3) is 0.0417. The van der Waals surface area contributed by atoms with Crippen molar-refractivity contribution in [2.75, 3.05) is 16.8 Å². The lowest BCUT2D eigenvalue weighted by Crippen LogP contribution is -2.27. The molecule has 0 atom stereocenters. The molecule has 2 amide bonds. The zero-order valence-electron chi connectivity index (χ0n) is 17.0. The first-order chi connectivity index (χ1) is 15.9. The molecular weight excluding hydrogens is 499 g/mol. The van der Waals surface area contributed by atoms with Crippen LogP contribution in [-0.4, -0.2) is 22.7 Å². The fourth-order valence-electron chi connectivity index (χ4n) is 3.07. The largest absolute Gasteiger partial charge is 0.483 e. The van der Waals surface area contributed by atoms with Crippen LogP contribution in [0.1, 0.15) is 5.56 Å². The van der Waals surface area contributed by atoms with Crippen LogP contribution in [0.3, 0.4) is 0 Å². The number of nitrogens with one attached hydrogen (secondary N) is 1. The first-order valence-electron chi connectivity index (χ1n) is 9.72. The van der Waals surface area contributed by atoms with E-state index in [1.165, 1.54) is 4.90 Å². The number of benzene rings is 3. The summed E-state index contributed by atoms with van der Waals surface area (Å²) < 4.78 is 6.09. The molecule has 33 heavy (non-hydrogen) atoms. The average Bonchev–Trinajstić information content (AvgIpc) is 3.07. The molecule has 1 aliphatic heterocycles. The molecule has 3 aromatic carbocycles. The van der Waals surface area contributed by atoms with Crippen molar-refractivity contribution < 1.29 is 14.3 Å². The number of halogens is 2. The summed E-state index contributed by atoms with van der Waals surface area (Å²) in [5.41, 5.74) is 1.80. The summed E-state index contributed by atoms with van der Waals surface area (Å²) in [6.07, 6.45) is 1.69. The molecule has 0 saturated carbocycles. The lowest BCUT2D eigenvalue weighted by molar-refractivity contribution is -0.118. The maximum Gasteiger partial charge on any atom is 0.270 e. The Morgan fingerprint density at radius 2 is 1.79 bits per heavy atom. The van der Waals surface area contributed by atoms with Gasteiger partial charge in [-0.3, -0.25) is 14.5 Å². The maximum atomic E-state index is 13.1. The van der Waals surface area contributed by atoms with E-state index in [2.05, 4.69) is 5.32 Å². The van der Waals surface area contributed by atoms with Crippen LogP contribution >= 0.6 is 47.2 Å². The standard InChI is InChI=1S/C24H16Cl2N2O3S2/c25-16-10-11-19(18(26)13-16)28-23(30)21(33-24(28)32)12-15-6-4-5-9-20(15)31-14-22(29)27-17-7-2-1-3-8-17/h1-13H,14H2,(H,27,29)/b21-12-. The molecule has 0 aliphatic carbocycles. The number of carbonyl (C=O) groups is 2. The van der Waals surface area contributed by atoms with Crippen LogP contribution in [0.25, 0.3) is 6.08 Å². The Morgan fingerprint density at radius 3 is 2.55 bits per heavy atom. The summed E-state index contributed by atoms with van der Waals surface area (Å²) in [4.78, 5) is 27.1. The van der Waals surface area contributed by atoms with Gasteiger partial charge in [-0.05, 0) is 42.5 Å². The molecule has 0 radical (unpaired) electrons. The quantitative estimate of drug-likeness (QED) is 0.304. The van der Waals surface area contributed by atoms with Gasteiger partial charge in [0.2, 0.25) is 0 Å². The highest BCUT2D eigenvalue weighted by molar-refractivity contribution is 8.27. The van der Waals surface area contributed by atoms with Crippen LogP contribution in [0.4, 0.5) is 11.4 Å². The Morgan fingerprint density at radius 1 is 1.06 bits per heavy atom. The van der Waals surface area contributed by atoms with Gasteiger partial charge in [0.15, 0.2) is 10.9 Å². The van der Waals surface area contributed by atoms with E-state index in [0.29, 0.717) is 42.0 Å². The van der Waals surface area contributed by atoms with Crippen molar-refractivity contribution in [1.29, 1.82) is 0 Å². The number of anilines is 2. The summed E-state index contributed by atoms with van der Waals surface area (Å²) in [5, 5.41) is 3.56. The number of carbonyl (C=O) groups excluding carboxylic acids is 2. The number of nitrogens with zero attached hydrogens (tertiary/aromatic N) is 1. The SMILES string of the molecule is O=C(COc1ccccc1/C=C1\SC(=S)N(c2ccc(Cl)cc2Cl)C1=O)Nc1ccccc1. The van der Waals surface area contributed by atoms with Crippen molar-refractivity contribution in [3.05, 3.63) is 93.3 Å². The van der Waals surface area contributed by atoms with E-state index in [9.17, 15) is 9.59 Å². The molecule has 1 N–H and O–H groups in total. The van der Waals surface area contributed by atoms with Crippen LogP contribution in [0.5, 0.6) is 5.75 Å². The molecule has 1 saturated heterocycles. The highest BCUT2D eigenvalue weighted by Crippen LogP contribution is 2.40. The molecule has 0 bridgehead atoms. The summed E-state index contributed by atoms with van der Waals surface area (Å²) in [5.74, 6) is -0.124. The lowest BCUT2D eigenvalue weighted by atomic mass is 10.2. The predicted molar refractivity (Wildman–Crippen MR) is 139 cm³/mol. The van der Waals surface area contributed by atoms with Crippen molar-refractivity contribution in [1.82, 2.24) is 0 Å². The highest BCUT2D eigenvalue weighted by atomic mass is 35.5. The van der Waals surface area contributed by atoms with Crippen LogP contribution < -0.4 is 15.0 Å². The second-order valence-electron chi connectivity index (χ2n) is 6.85. The molecule has 1 fully saturated rings. The van der Waals surface area contributed by atoms with Gasteiger partial charge >= 0.3 is 0 Å². The minimum Gasteiger partial charge on any atom is -0.483 e. The van der Waals surface area contributed by atoms with Gasteiger partial charge in [-0.15, -0.1) is 0 Å². The summed E-state index contributed by atoms with van der Waals surface area (Å²) >= 11 is 18.8. The van der Waals surface area contributed by atoms with Crippen LogP contribution in [0, 0.1) is 0 Å². The molecule has 5 nitrogen and oxygen atoms in total. The molecule has 0 spiro atoms. The zero-order valence-corrected chi connectivity index (χ0v) is 20.1. The van der Waals surface area contributed by atoms with Crippen LogP contribution in [0.15, 0.2) is 77.7 Å². The number of amides is 2. The minimum absolute atomic E-state index is 0.179. The fourth-order valence-corrected chi connectivity index (χ4v) is 4.84.